The van der Waals surface area contributed by atoms with Crippen molar-refractivity contribution in [2.24, 2.45) is 5.92 Å². The van der Waals surface area contributed by atoms with Crippen LogP contribution < -0.4 is 5.32 Å². The highest BCUT2D eigenvalue weighted by Gasteiger charge is 2.46. The van der Waals surface area contributed by atoms with E-state index in [4.69, 9.17) is 0 Å². The zero-order valence-electron chi connectivity index (χ0n) is 10.6. The van der Waals surface area contributed by atoms with Gasteiger partial charge in [0.1, 0.15) is 12.7 Å². The van der Waals surface area contributed by atoms with Gasteiger partial charge in [-0.2, -0.15) is 13.2 Å². The standard InChI is InChI=1S/C12H15F3N2OS/c1-7(2)9-11(18)17(6-12(13,14)15)10(16-9)8-4-3-5-19-8/h3-5,7,9-10,16H,6H2,1-2H3. The number of nitrogens with zero attached hydrogens (tertiary/aromatic N) is 1. The topological polar surface area (TPSA) is 32.3 Å². The van der Waals surface area contributed by atoms with Gasteiger partial charge < -0.3 is 4.90 Å². The Labute approximate surface area is 113 Å². The molecule has 1 N–H and O–H groups in total. The Morgan fingerprint density at radius 3 is 2.63 bits per heavy atom. The number of alkyl halides is 3. The van der Waals surface area contributed by atoms with E-state index >= 15 is 0 Å². The highest BCUT2D eigenvalue weighted by molar-refractivity contribution is 7.10. The Kier molecular flexibility index (Phi) is 3.87. The SMILES string of the molecule is CC(C)C1NC(c2cccs2)N(CC(F)(F)F)C1=O. The average molecular weight is 292 g/mol. The van der Waals surface area contributed by atoms with Gasteiger partial charge in [-0.3, -0.25) is 10.1 Å². The number of thiophene rings is 1. The normalized spacial score (nSPS) is 24.5. The highest BCUT2D eigenvalue weighted by atomic mass is 32.1. The maximum atomic E-state index is 12.6. The van der Waals surface area contributed by atoms with Crippen LogP contribution in [0.5, 0.6) is 0 Å². The number of amides is 1. The minimum atomic E-state index is -4.39. The van der Waals surface area contributed by atoms with Crippen molar-refractivity contribution in [3.05, 3.63) is 22.4 Å². The molecule has 2 unspecified atom stereocenters. The van der Waals surface area contributed by atoms with Gasteiger partial charge in [-0.25, -0.2) is 0 Å². The number of carbonyl (C=O) groups is 1. The lowest BCUT2D eigenvalue weighted by molar-refractivity contribution is -0.161. The van der Waals surface area contributed by atoms with Crippen LogP contribution in [0.4, 0.5) is 13.2 Å². The third kappa shape index (κ3) is 3.09. The van der Waals surface area contributed by atoms with Gasteiger partial charge in [-0.15, -0.1) is 11.3 Å². The van der Waals surface area contributed by atoms with Gasteiger partial charge in [0.2, 0.25) is 5.91 Å². The summed E-state index contributed by atoms with van der Waals surface area (Å²) >= 11 is 1.34. The Bertz CT molecular complexity index is 444. The summed E-state index contributed by atoms with van der Waals surface area (Å²) in [5, 5.41) is 4.79. The first-order chi connectivity index (χ1) is 8.79. The Morgan fingerprint density at radius 1 is 1.47 bits per heavy atom. The third-order valence-electron chi connectivity index (χ3n) is 3.03. The van der Waals surface area contributed by atoms with Crippen LogP contribution in [0.2, 0.25) is 0 Å². The molecule has 1 amide bonds. The van der Waals surface area contributed by atoms with Crippen molar-refractivity contribution < 1.29 is 18.0 Å². The van der Waals surface area contributed by atoms with E-state index in [0.717, 1.165) is 9.78 Å². The number of rotatable bonds is 3. The van der Waals surface area contributed by atoms with Crippen LogP contribution in [-0.4, -0.2) is 29.6 Å². The van der Waals surface area contributed by atoms with Crippen molar-refractivity contribution in [3.8, 4) is 0 Å². The molecule has 2 heterocycles. The van der Waals surface area contributed by atoms with Crippen molar-refractivity contribution >= 4 is 17.2 Å². The van der Waals surface area contributed by atoms with Crippen LogP contribution >= 0.6 is 11.3 Å². The molecule has 1 aromatic heterocycles. The highest BCUT2D eigenvalue weighted by Crippen LogP contribution is 2.33. The molecule has 1 aliphatic rings. The van der Waals surface area contributed by atoms with Crippen LogP contribution in [0.1, 0.15) is 24.9 Å². The number of nitrogens with one attached hydrogen (secondary N) is 1. The smallest absolute Gasteiger partial charge is 0.312 e. The molecule has 1 aliphatic heterocycles. The monoisotopic (exact) mass is 292 g/mol. The molecule has 19 heavy (non-hydrogen) atoms. The molecule has 0 saturated carbocycles. The molecule has 0 spiro atoms. The number of hydrogen-bond acceptors (Lipinski definition) is 3. The van der Waals surface area contributed by atoms with Crippen molar-refractivity contribution in [1.29, 1.82) is 0 Å². The minimum absolute atomic E-state index is 0.0480. The lowest BCUT2D eigenvalue weighted by Gasteiger charge is -2.24. The number of carbonyl (C=O) groups excluding carboxylic acids is 1. The first kappa shape index (κ1) is 14.3. The molecule has 1 saturated heterocycles. The minimum Gasteiger partial charge on any atom is -0.312 e. The van der Waals surface area contributed by atoms with Gasteiger partial charge in [0.05, 0.1) is 6.04 Å². The Balaban J connectivity index is 2.26. The summed E-state index contributed by atoms with van der Waals surface area (Å²) in [6, 6.07) is 2.94. The summed E-state index contributed by atoms with van der Waals surface area (Å²) in [7, 11) is 0. The van der Waals surface area contributed by atoms with Gasteiger partial charge in [0.15, 0.2) is 0 Å². The molecule has 0 radical (unpaired) electrons. The van der Waals surface area contributed by atoms with Crippen molar-refractivity contribution in [3.63, 3.8) is 0 Å². The lowest BCUT2D eigenvalue weighted by atomic mass is 10.1. The van der Waals surface area contributed by atoms with Gasteiger partial charge in [-0.1, -0.05) is 19.9 Å². The molecular formula is C12H15F3N2OS. The van der Waals surface area contributed by atoms with Crippen LogP contribution in [0, 0.1) is 5.92 Å². The zero-order valence-corrected chi connectivity index (χ0v) is 11.4. The van der Waals surface area contributed by atoms with E-state index < -0.39 is 30.8 Å². The quantitative estimate of drug-likeness (QED) is 0.929. The maximum absolute atomic E-state index is 12.6. The van der Waals surface area contributed by atoms with E-state index in [9.17, 15) is 18.0 Å². The largest absolute Gasteiger partial charge is 0.406 e. The predicted molar refractivity (Wildman–Crippen MR) is 66.6 cm³/mol. The molecular weight excluding hydrogens is 277 g/mol. The van der Waals surface area contributed by atoms with Gasteiger partial charge in [-0.05, 0) is 17.4 Å². The average Bonchev–Trinajstić information content (AvgIpc) is 2.86. The lowest BCUT2D eigenvalue weighted by Crippen LogP contribution is -2.39. The second kappa shape index (κ2) is 5.13. The summed E-state index contributed by atoms with van der Waals surface area (Å²) < 4.78 is 37.8. The van der Waals surface area contributed by atoms with E-state index in [0.29, 0.717) is 0 Å². The van der Waals surface area contributed by atoms with E-state index in [1.54, 1.807) is 17.5 Å². The summed E-state index contributed by atoms with van der Waals surface area (Å²) in [4.78, 5) is 13.7. The number of hydrogen-bond donors (Lipinski definition) is 1. The molecule has 0 aromatic carbocycles. The first-order valence-electron chi connectivity index (χ1n) is 5.96. The van der Waals surface area contributed by atoms with Crippen LogP contribution in [-0.2, 0) is 4.79 Å². The van der Waals surface area contributed by atoms with Crippen LogP contribution in [0.25, 0.3) is 0 Å². The fourth-order valence-corrected chi connectivity index (χ4v) is 2.96. The molecule has 3 nitrogen and oxygen atoms in total. The molecule has 7 heteroatoms. The molecule has 0 aliphatic carbocycles. The summed E-state index contributed by atoms with van der Waals surface area (Å²) in [6.45, 7) is 2.42. The summed E-state index contributed by atoms with van der Waals surface area (Å²) in [5.74, 6) is -0.529. The summed E-state index contributed by atoms with van der Waals surface area (Å²) in [5.41, 5.74) is 0. The van der Waals surface area contributed by atoms with E-state index in [1.807, 2.05) is 13.8 Å². The zero-order chi connectivity index (χ0) is 14.2. The Hall–Kier alpha value is -1.08. The van der Waals surface area contributed by atoms with Crippen LogP contribution in [0.15, 0.2) is 17.5 Å². The van der Waals surface area contributed by atoms with Gasteiger partial charge >= 0.3 is 6.18 Å². The van der Waals surface area contributed by atoms with E-state index in [2.05, 4.69) is 5.32 Å². The molecule has 1 aromatic rings. The molecule has 0 bridgehead atoms. The maximum Gasteiger partial charge on any atom is 0.406 e. The second-order valence-corrected chi connectivity index (χ2v) is 5.87. The second-order valence-electron chi connectivity index (χ2n) is 4.89. The van der Waals surface area contributed by atoms with E-state index in [1.165, 1.54) is 11.3 Å². The van der Waals surface area contributed by atoms with E-state index in [-0.39, 0.29) is 5.92 Å². The fraction of sp³-hybridized carbons (Fsp3) is 0.583. The molecule has 2 atom stereocenters. The van der Waals surface area contributed by atoms with Gasteiger partial charge in [0, 0.05) is 4.88 Å². The van der Waals surface area contributed by atoms with Crippen molar-refractivity contribution in [2.75, 3.05) is 6.54 Å². The predicted octanol–water partition coefficient (Wildman–Crippen LogP) is 2.77. The van der Waals surface area contributed by atoms with Crippen molar-refractivity contribution in [1.82, 2.24) is 10.2 Å². The van der Waals surface area contributed by atoms with Crippen LogP contribution in [0.3, 0.4) is 0 Å². The number of halogens is 3. The third-order valence-corrected chi connectivity index (χ3v) is 3.95. The molecule has 1 fully saturated rings. The molecule has 106 valence electrons. The Morgan fingerprint density at radius 2 is 2.16 bits per heavy atom. The first-order valence-corrected chi connectivity index (χ1v) is 6.84. The van der Waals surface area contributed by atoms with Gasteiger partial charge in [0.25, 0.3) is 0 Å². The summed E-state index contributed by atoms with van der Waals surface area (Å²) in [6.07, 6.45) is -5.07. The molecule has 2 rings (SSSR count). The van der Waals surface area contributed by atoms with Crippen molar-refractivity contribution in [2.45, 2.75) is 32.2 Å². The fourth-order valence-electron chi connectivity index (χ4n) is 2.16.